The molecule has 3 fully saturated rings. The monoisotopic (exact) mass is 333 g/mol. The minimum Gasteiger partial charge on any atom is -0.323 e. The predicted octanol–water partition coefficient (Wildman–Crippen LogP) is 2.58. The summed E-state index contributed by atoms with van der Waals surface area (Å²) in [6.07, 6.45) is 6.13. The fraction of sp³-hybridized carbons (Fsp3) is 0.647. The number of nitrogens with zero attached hydrogens (tertiary/aromatic N) is 2. The van der Waals surface area contributed by atoms with Gasteiger partial charge in [-0.15, -0.1) is 11.3 Å². The number of amides is 3. The summed E-state index contributed by atoms with van der Waals surface area (Å²) in [4.78, 5) is 30.1. The quantitative estimate of drug-likeness (QED) is 0.814. The summed E-state index contributed by atoms with van der Waals surface area (Å²) >= 11 is 1.77. The Labute approximate surface area is 140 Å². The third-order valence-corrected chi connectivity index (χ3v) is 6.18. The largest absolute Gasteiger partial charge is 0.325 e. The maximum Gasteiger partial charge on any atom is 0.325 e. The van der Waals surface area contributed by atoms with Gasteiger partial charge in [0.25, 0.3) is 5.91 Å². The lowest BCUT2D eigenvalue weighted by atomic mass is 9.98. The molecule has 0 bridgehead atoms. The highest BCUT2D eigenvalue weighted by Gasteiger charge is 2.52. The van der Waals surface area contributed by atoms with E-state index in [9.17, 15) is 9.59 Å². The first-order chi connectivity index (χ1) is 11.2. The van der Waals surface area contributed by atoms with Crippen LogP contribution in [0.2, 0.25) is 0 Å². The molecule has 5 nitrogen and oxygen atoms in total. The van der Waals surface area contributed by atoms with E-state index in [1.54, 1.807) is 11.3 Å². The molecule has 23 heavy (non-hydrogen) atoms. The third-order valence-electron chi connectivity index (χ3n) is 5.32. The average molecular weight is 333 g/mol. The van der Waals surface area contributed by atoms with E-state index >= 15 is 0 Å². The van der Waals surface area contributed by atoms with Gasteiger partial charge in [0.1, 0.15) is 5.54 Å². The van der Waals surface area contributed by atoms with Gasteiger partial charge in [-0.05, 0) is 37.1 Å². The lowest BCUT2D eigenvalue weighted by Crippen LogP contribution is -2.44. The first-order valence-corrected chi connectivity index (χ1v) is 9.46. The molecule has 0 atom stereocenters. The number of nitrogens with one attached hydrogen (secondary N) is 1. The highest BCUT2D eigenvalue weighted by Crippen LogP contribution is 2.35. The molecule has 3 amide bonds. The Morgan fingerprint density at radius 1 is 1.30 bits per heavy atom. The summed E-state index contributed by atoms with van der Waals surface area (Å²) in [6.45, 7) is 2.21. The van der Waals surface area contributed by atoms with Crippen LogP contribution in [0, 0.1) is 0 Å². The van der Waals surface area contributed by atoms with Crippen molar-refractivity contribution >= 4 is 23.3 Å². The van der Waals surface area contributed by atoms with Crippen LogP contribution >= 0.6 is 11.3 Å². The van der Waals surface area contributed by atoms with Crippen molar-refractivity contribution in [1.82, 2.24) is 15.1 Å². The van der Waals surface area contributed by atoms with Gasteiger partial charge in [0, 0.05) is 30.6 Å². The lowest BCUT2D eigenvalue weighted by Gasteiger charge is -2.24. The number of hydrogen-bond acceptors (Lipinski definition) is 4. The van der Waals surface area contributed by atoms with E-state index in [1.165, 1.54) is 22.6 Å². The standard InChI is InChI=1S/C17H23N3O2S/c21-15-17(7-1-2-8-17)18-16(22)20(15)10-9-19(13-5-6-13)12-14-4-3-11-23-14/h3-4,11,13H,1-2,5-10,12H2,(H,18,22). The van der Waals surface area contributed by atoms with E-state index in [4.69, 9.17) is 0 Å². The van der Waals surface area contributed by atoms with Gasteiger partial charge in [0.15, 0.2) is 0 Å². The van der Waals surface area contributed by atoms with Crippen LogP contribution in [0.3, 0.4) is 0 Å². The molecule has 2 saturated carbocycles. The van der Waals surface area contributed by atoms with E-state index in [2.05, 4.69) is 27.7 Å². The minimum absolute atomic E-state index is 0.00636. The van der Waals surface area contributed by atoms with Gasteiger partial charge in [0.2, 0.25) is 0 Å². The van der Waals surface area contributed by atoms with Crippen molar-refractivity contribution in [3.8, 4) is 0 Å². The maximum atomic E-state index is 12.7. The van der Waals surface area contributed by atoms with Crippen LogP contribution in [-0.4, -0.2) is 46.4 Å². The van der Waals surface area contributed by atoms with Crippen LogP contribution in [0.5, 0.6) is 0 Å². The molecule has 1 spiro atoms. The zero-order chi connectivity index (χ0) is 15.9. The molecule has 4 rings (SSSR count). The average Bonchev–Trinajstić information content (AvgIpc) is 2.96. The topological polar surface area (TPSA) is 52.7 Å². The van der Waals surface area contributed by atoms with Crippen molar-refractivity contribution in [2.45, 2.75) is 56.7 Å². The number of imide groups is 1. The summed E-state index contributed by atoms with van der Waals surface area (Å²) < 4.78 is 0. The Bertz CT molecular complexity index is 591. The number of thiophene rings is 1. The van der Waals surface area contributed by atoms with Crippen LogP contribution in [0.4, 0.5) is 4.79 Å². The summed E-state index contributed by atoms with van der Waals surface area (Å²) in [5, 5.41) is 5.06. The Balaban J connectivity index is 1.39. The fourth-order valence-electron chi connectivity index (χ4n) is 3.86. The molecule has 1 aliphatic heterocycles. The van der Waals surface area contributed by atoms with Gasteiger partial charge in [0.05, 0.1) is 0 Å². The molecule has 3 aliphatic rings. The van der Waals surface area contributed by atoms with Gasteiger partial charge in [-0.1, -0.05) is 18.9 Å². The van der Waals surface area contributed by atoms with Gasteiger partial charge in [-0.3, -0.25) is 14.6 Å². The van der Waals surface area contributed by atoms with Gasteiger partial charge >= 0.3 is 6.03 Å². The Hall–Kier alpha value is -1.40. The molecule has 124 valence electrons. The molecule has 6 heteroatoms. The Morgan fingerprint density at radius 3 is 2.74 bits per heavy atom. The van der Waals surface area contributed by atoms with Crippen LogP contribution in [-0.2, 0) is 11.3 Å². The van der Waals surface area contributed by atoms with Crippen LogP contribution < -0.4 is 5.32 Å². The Kier molecular flexibility index (Phi) is 3.89. The molecule has 1 aromatic rings. The summed E-state index contributed by atoms with van der Waals surface area (Å²) in [7, 11) is 0. The fourth-order valence-corrected chi connectivity index (χ4v) is 4.59. The molecular formula is C17H23N3O2S. The van der Waals surface area contributed by atoms with Crippen molar-refractivity contribution in [3.05, 3.63) is 22.4 Å². The number of carbonyl (C=O) groups excluding carboxylic acids is 2. The molecule has 0 unspecified atom stereocenters. The SMILES string of the molecule is O=C1NC2(CCCC2)C(=O)N1CCN(Cc1cccs1)C1CC1. The van der Waals surface area contributed by atoms with Crippen LogP contribution in [0.15, 0.2) is 17.5 Å². The molecule has 1 saturated heterocycles. The van der Waals surface area contributed by atoms with Crippen molar-refractivity contribution in [1.29, 1.82) is 0 Å². The summed E-state index contributed by atoms with van der Waals surface area (Å²) in [5.41, 5.74) is -0.574. The van der Waals surface area contributed by atoms with Crippen molar-refractivity contribution in [2.75, 3.05) is 13.1 Å². The maximum absolute atomic E-state index is 12.7. The number of rotatable bonds is 6. The van der Waals surface area contributed by atoms with E-state index in [-0.39, 0.29) is 11.9 Å². The second-order valence-electron chi connectivity index (χ2n) is 6.96. The molecular weight excluding hydrogens is 310 g/mol. The summed E-state index contributed by atoms with van der Waals surface area (Å²) in [5.74, 6) is 0.00636. The number of carbonyl (C=O) groups is 2. The van der Waals surface area contributed by atoms with Crippen LogP contribution in [0.25, 0.3) is 0 Å². The number of hydrogen-bond donors (Lipinski definition) is 1. The predicted molar refractivity (Wildman–Crippen MR) is 89.2 cm³/mol. The zero-order valence-corrected chi connectivity index (χ0v) is 14.1. The zero-order valence-electron chi connectivity index (χ0n) is 13.3. The highest BCUT2D eigenvalue weighted by molar-refractivity contribution is 7.09. The minimum atomic E-state index is -0.574. The molecule has 0 radical (unpaired) electrons. The van der Waals surface area contributed by atoms with Crippen molar-refractivity contribution in [2.24, 2.45) is 0 Å². The first-order valence-electron chi connectivity index (χ1n) is 8.58. The van der Waals surface area contributed by atoms with Gasteiger partial charge < -0.3 is 5.32 Å². The molecule has 1 aromatic heterocycles. The van der Waals surface area contributed by atoms with Gasteiger partial charge in [-0.2, -0.15) is 0 Å². The van der Waals surface area contributed by atoms with E-state index in [1.807, 2.05) is 0 Å². The molecule has 2 heterocycles. The second-order valence-corrected chi connectivity index (χ2v) is 7.99. The van der Waals surface area contributed by atoms with Crippen molar-refractivity contribution < 1.29 is 9.59 Å². The molecule has 1 N–H and O–H groups in total. The van der Waals surface area contributed by atoms with E-state index in [0.29, 0.717) is 12.6 Å². The van der Waals surface area contributed by atoms with Crippen LogP contribution in [0.1, 0.15) is 43.4 Å². The van der Waals surface area contributed by atoms with E-state index in [0.717, 1.165) is 38.8 Å². The second kappa shape index (κ2) is 5.91. The normalized spacial score (nSPS) is 23.3. The van der Waals surface area contributed by atoms with Gasteiger partial charge in [-0.25, -0.2) is 4.79 Å². The van der Waals surface area contributed by atoms with E-state index < -0.39 is 5.54 Å². The summed E-state index contributed by atoms with van der Waals surface area (Å²) in [6, 6.07) is 4.66. The first kappa shape index (κ1) is 15.1. The highest BCUT2D eigenvalue weighted by atomic mass is 32.1. The lowest BCUT2D eigenvalue weighted by molar-refractivity contribution is -0.131. The number of urea groups is 1. The molecule has 2 aliphatic carbocycles. The van der Waals surface area contributed by atoms with Crippen molar-refractivity contribution in [3.63, 3.8) is 0 Å². The molecule has 0 aromatic carbocycles. The third kappa shape index (κ3) is 2.90. The Morgan fingerprint density at radius 2 is 2.09 bits per heavy atom. The smallest absolute Gasteiger partial charge is 0.323 e.